The fourth-order valence-electron chi connectivity index (χ4n) is 4.06. The van der Waals surface area contributed by atoms with Crippen LogP contribution in [-0.2, 0) is 16.1 Å². The lowest BCUT2D eigenvalue weighted by Gasteiger charge is -2.30. The van der Waals surface area contributed by atoms with E-state index in [2.05, 4.69) is 54.5 Å². The molecule has 35 heavy (non-hydrogen) atoms. The zero-order valence-corrected chi connectivity index (χ0v) is 22.3. The van der Waals surface area contributed by atoms with E-state index in [1.54, 1.807) is 4.57 Å². The third-order valence-electron chi connectivity index (χ3n) is 5.61. The van der Waals surface area contributed by atoms with Gasteiger partial charge >= 0.3 is 5.91 Å². The van der Waals surface area contributed by atoms with Crippen molar-refractivity contribution in [2.45, 2.75) is 55.0 Å². The number of carbonyl (C=O) groups is 2. The first kappa shape index (κ1) is 28.2. The second-order valence-corrected chi connectivity index (χ2v) is 10.2. The van der Waals surface area contributed by atoms with E-state index >= 15 is 0 Å². The first-order valence-corrected chi connectivity index (χ1v) is 12.4. The van der Waals surface area contributed by atoms with E-state index < -0.39 is 5.92 Å². The summed E-state index contributed by atoms with van der Waals surface area (Å²) < 4.78 is 1.78. The molecule has 1 heterocycles. The number of rotatable bonds is 12. The number of benzene rings is 1. The third-order valence-corrected chi connectivity index (χ3v) is 5.61. The highest BCUT2D eigenvalue weighted by Gasteiger charge is 2.26. The second kappa shape index (κ2) is 13.7. The molecule has 0 aliphatic carbocycles. The van der Waals surface area contributed by atoms with Crippen molar-refractivity contribution >= 4 is 23.2 Å². The Morgan fingerprint density at radius 2 is 1.60 bits per heavy atom. The summed E-state index contributed by atoms with van der Waals surface area (Å²) in [4.78, 5) is 28.3. The van der Waals surface area contributed by atoms with Gasteiger partial charge in [0.25, 0.3) is 0 Å². The van der Waals surface area contributed by atoms with Crippen LogP contribution in [0.4, 0.5) is 5.69 Å². The maximum atomic E-state index is 13.5. The van der Waals surface area contributed by atoms with Crippen LogP contribution in [0.5, 0.6) is 0 Å². The van der Waals surface area contributed by atoms with Crippen LogP contribution in [0.3, 0.4) is 0 Å². The summed E-state index contributed by atoms with van der Waals surface area (Å²) in [5, 5.41) is 7.44. The van der Waals surface area contributed by atoms with Crippen LogP contribution in [0.15, 0.2) is 53.9 Å². The highest BCUT2D eigenvalue weighted by Crippen LogP contribution is 2.18. The average molecular weight is 481 g/mol. The molecule has 0 saturated carbocycles. The smallest absolute Gasteiger partial charge is 0.305 e. The van der Waals surface area contributed by atoms with Gasteiger partial charge < -0.3 is 10.2 Å². The number of amides is 2. The van der Waals surface area contributed by atoms with E-state index in [0.717, 1.165) is 29.9 Å². The lowest BCUT2D eigenvalue weighted by molar-refractivity contribution is -0.684. The topological polar surface area (TPSA) is 77.7 Å². The van der Waals surface area contributed by atoms with Crippen LogP contribution in [0.1, 0.15) is 45.7 Å². The maximum absolute atomic E-state index is 13.5. The standard InChI is InChI=1S/C28H41N5O2/c1-20(2)16-33(17-21(3)4)18-25(28(35)29-26-12-11-22(5)15-23(26)6)24(7)30-31-27(34)19-32-13-9-8-10-14-32/h8-15,20-21,25H,16-19H2,1-7H3,(H-,29,31,34,35)/p+1/b30-24-/t25-/m0/s1. The summed E-state index contributed by atoms with van der Waals surface area (Å²) in [5.41, 5.74) is 6.17. The van der Waals surface area contributed by atoms with Gasteiger partial charge in [0, 0.05) is 43.2 Å². The van der Waals surface area contributed by atoms with Gasteiger partial charge in [-0.3, -0.25) is 9.59 Å². The van der Waals surface area contributed by atoms with Crippen LogP contribution in [0.2, 0.25) is 0 Å². The number of anilines is 1. The van der Waals surface area contributed by atoms with Gasteiger partial charge in [0.2, 0.25) is 12.5 Å². The van der Waals surface area contributed by atoms with Crippen LogP contribution < -0.4 is 15.3 Å². The van der Waals surface area contributed by atoms with Crippen molar-refractivity contribution in [3.8, 4) is 0 Å². The van der Waals surface area contributed by atoms with Crippen LogP contribution in [0.25, 0.3) is 0 Å². The van der Waals surface area contributed by atoms with E-state index in [4.69, 9.17) is 0 Å². The molecule has 1 aromatic carbocycles. The molecular formula is C28H42N5O2+. The SMILES string of the molecule is C/C(=N/NC(=O)C[n+]1ccccc1)[C@H](CN(CC(C)C)CC(C)C)C(=O)Nc1ccc(C)cc1C. The highest BCUT2D eigenvalue weighted by molar-refractivity contribution is 6.09. The van der Waals surface area contributed by atoms with Gasteiger partial charge in [-0.15, -0.1) is 0 Å². The number of aromatic nitrogens is 1. The van der Waals surface area contributed by atoms with Gasteiger partial charge in [0.05, 0.1) is 5.92 Å². The van der Waals surface area contributed by atoms with E-state index in [1.807, 2.05) is 63.5 Å². The molecule has 7 heteroatoms. The van der Waals surface area contributed by atoms with Crippen molar-refractivity contribution in [2.75, 3.05) is 25.0 Å². The normalized spacial score (nSPS) is 12.8. The monoisotopic (exact) mass is 480 g/mol. The maximum Gasteiger partial charge on any atom is 0.305 e. The Labute approximate surface area is 210 Å². The zero-order valence-electron chi connectivity index (χ0n) is 22.3. The summed E-state index contributed by atoms with van der Waals surface area (Å²) in [5.74, 6) is 0.0730. The van der Waals surface area contributed by atoms with Crippen LogP contribution in [0, 0.1) is 31.6 Å². The number of nitrogens with zero attached hydrogens (tertiary/aromatic N) is 3. The number of pyridine rings is 1. The lowest BCUT2D eigenvalue weighted by Crippen LogP contribution is -2.44. The first-order valence-electron chi connectivity index (χ1n) is 12.4. The van der Waals surface area contributed by atoms with Crippen LogP contribution in [-0.4, -0.2) is 42.1 Å². The minimum absolute atomic E-state index is 0.123. The van der Waals surface area contributed by atoms with Gasteiger partial charge in [-0.05, 0) is 44.2 Å². The Hall–Kier alpha value is -3.06. The van der Waals surface area contributed by atoms with Crippen molar-refractivity contribution in [3.05, 3.63) is 59.9 Å². The first-order chi connectivity index (χ1) is 16.5. The molecule has 0 unspecified atom stereocenters. The molecule has 0 aliphatic heterocycles. The van der Waals surface area contributed by atoms with Crippen molar-refractivity contribution in [1.82, 2.24) is 10.3 Å². The Morgan fingerprint density at radius 3 is 2.17 bits per heavy atom. The van der Waals surface area contributed by atoms with Crippen molar-refractivity contribution in [2.24, 2.45) is 22.9 Å². The largest absolute Gasteiger partial charge is 0.325 e. The molecule has 0 aliphatic rings. The quantitative estimate of drug-likeness (QED) is 0.274. The number of aryl methyl sites for hydroxylation is 2. The fraction of sp³-hybridized carbons (Fsp3) is 0.500. The molecule has 0 saturated heterocycles. The Balaban J connectivity index is 2.23. The number of nitrogens with one attached hydrogen (secondary N) is 2. The van der Waals surface area contributed by atoms with Crippen molar-refractivity contribution in [1.29, 1.82) is 0 Å². The summed E-state index contributed by atoms with van der Waals surface area (Å²) >= 11 is 0. The molecule has 190 valence electrons. The molecule has 0 radical (unpaired) electrons. The molecule has 0 bridgehead atoms. The number of hydrogen-bond donors (Lipinski definition) is 2. The van der Waals surface area contributed by atoms with E-state index in [-0.39, 0.29) is 18.4 Å². The van der Waals surface area contributed by atoms with Crippen molar-refractivity contribution < 1.29 is 14.2 Å². The predicted octanol–water partition coefficient (Wildman–Crippen LogP) is 3.95. The Morgan fingerprint density at radius 1 is 0.971 bits per heavy atom. The minimum atomic E-state index is -0.502. The van der Waals surface area contributed by atoms with Crippen LogP contribution >= 0.6 is 0 Å². The zero-order chi connectivity index (χ0) is 26.0. The number of hydrogen-bond acceptors (Lipinski definition) is 4. The van der Waals surface area contributed by atoms with E-state index in [0.29, 0.717) is 24.1 Å². The number of carbonyl (C=O) groups excluding carboxylic acids is 2. The van der Waals surface area contributed by atoms with Gasteiger partial charge in [0.1, 0.15) is 0 Å². The second-order valence-electron chi connectivity index (χ2n) is 10.2. The molecule has 0 fully saturated rings. The molecule has 0 spiro atoms. The summed E-state index contributed by atoms with van der Waals surface area (Å²) in [6.07, 6.45) is 3.65. The summed E-state index contributed by atoms with van der Waals surface area (Å²) in [7, 11) is 0. The average Bonchev–Trinajstić information content (AvgIpc) is 2.77. The molecule has 2 rings (SSSR count). The summed E-state index contributed by atoms with van der Waals surface area (Å²) in [6.45, 7) is 17.0. The van der Waals surface area contributed by atoms with Gasteiger partial charge in [-0.1, -0.05) is 51.5 Å². The Bertz CT molecular complexity index is 992. The van der Waals surface area contributed by atoms with E-state index in [1.165, 1.54) is 0 Å². The predicted molar refractivity (Wildman–Crippen MR) is 142 cm³/mol. The molecule has 1 aromatic heterocycles. The van der Waals surface area contributed by atoms with Gasteiger partial charge in [-0.25, -0.2) is 5.43 Å². The van der Waals surface area contributed by atoms with E-state index in [9.17, 15) is 9.59 Å². The molecule has 7 nitrogen and oxygen atoms in total. The Kier molecular flexibility index (Phi) is 11.1. The molecule has 2 N–H and O–H groups in total. The van der Waals surface area contributed by atoms with Gasteiger partial charge in [-0.2, -0.15) is 9.67 Å². The number of hydrazone groups is 1. The highest BCUT2D eigenvalue weighted by atomic mass is 16.2. The minimum Gasteiger partial charge on any atom is -0.325 e. The fourth-order valence-corrected chi connectivity index (χ4v) is 4.06. The lowest BCUT2D eigenvalue weighted by atomic mass is 10.00. The third kappa shape index (κ3) is 9.99. The molecule has 1 atom stereocenters. The summed E-state index contributed by atoms with van der Waals surface area (Å²) in [6, 6.07) is 11.6. The molecule has 2 aromatic rings. The molecule has 2 amide bonds. The molecular weight excluding hydrogens is 438 g/mol. The van der Waals surface area contributed by atoms with Gasteiger partial charge in [0.15, 0.2) is 12.4 Å². The van der Waals surface area contributed by atoms with Crippen molar-refractivity contribution in [3.63, 3.8) is 0 Å².